The minimum Gasteiger partial charge on any atom is -0.356 e. The Balaban J connectivity index is 2.30. The SMILES string of the molecule is CCCNC(=O)C1(C)C2C=CC(C2)C1(C)C(=O)NCCC. The van der Waals surface area contributed by atoms with E-state index in [0.29, 0.717) is 13.1 Å². The summed E-state index contributed by atoms with van der Waals surface area (Å²) in [6.07, 6.45) is 6.98. The number of allylic oxidation sites excluding steroid dienone is 2. The van der Waals surface area contributed by atoms with Crippen molar-refractivity contribution < 1.29 is 9.59 Å². The fraction of sp³-hybridized carbons (Fsp3) is 0.765. The molecule has 0 aliphatic heterocycles. The van der Waals surface area contributed by atoms with E-state index in [4.69, 9.17) is 0 Å². The van der Waals surface area contributed by atoms with Gasteiger partial charge in [-0.1, -0.05) is 26.0 Å². The van der Waals surface area contributed by atoms with Crippen molar-refractivity contribution in [1.82, 2.24) is 10.6 Å². The molecule has 2 rings (SSSR count). The van der Waals surface area contributed by atoms with Crippen LogP contribution in [0.4, 0.5) is 0 Å². The minimum absolute atomic E-state index is 0.0235. The van der Waals surface area contributed by atoms with Gasteiger partial charge < -0.3 is 10.6 Å². The Morgan fingerprint density at radius 2 is 1.33 bits per heavy atom. The Morgan fingerprint density at radius 1 is 0.952 bits per heavy atom. The summed E-state index contributed by atoms with van der Waals surface area (Å²) in [6, 6.07) is 0. The topological polar surface area (TPSA) is 58.2 Å². The number of amides is 2. The van der Waals surface area contributed by atoms with Crippen molar-refractivity contribution >= 4 is 11.8 Å². The van der Waals surface area contributed by atoms with Gasteiger partial charge in [0.25, 0.3) is 0 Å². The maximum Gasteiger partial charge on any atom is 0.227 e. The molecule has 2 aliphatic rings. The molecule has 0 saturated heterocycles. The smallest absolute Gasteiger partial charge is 0.227 e. The van der Waals surface area contributed by atoms with Crippen LogP contribution in [0.1, 0.15) is 47.0 Å². The number of rotatable bonds is 6. The summed E-state index contributed by atoms with van der Waals surface area (Å²) in [6.45, 7) is 9.35. The molecule has 1 fully saturated rings. The van der Waals surface area contributed by atoms with E-state index in [2.05, 4.69) is 22.8 Å². The zero-order valence-corrected chi connectivity index (χ0v) is 13.7. The first-order valence-electron chi connectivity index (χ1n) is 8.17. The lowest BCUT2D eigenvalue weighted by Crippen LogP contribution is -2.58. The molecule has 1 saturated carbocycles. The van der Waals surface area contributed by atoms with E-state index in [1.165, 1.54) is 0 Å². The Hall–Kier alpha value is -1.32. The average molecular weight is 292 g/mol. The first-order chi connectivity index (χ1) is 9.92. The van der Waals surface area contributed by atoms with Crippen LogP contribution in [0.2, 0.25) is 0 Å². The number of hydrogen-bond donors (Lipinski definition) is 2. The normalized spacial score (nSPS) is 36.8. The van der Waals surface area contributed by atoms with Gasteiger partial charge in [-0.05, 0) is 44.9 Å². The maximum atomic E-state index is 12.8. The van der Waals surface area contributed by atoms with Gasteiger partial charge in [-0.2, -0.15) is 0 Å². The molecule has 0 heterocycles. The second-order valence-electron chi connectivity index (χ2n) is 6.75. The van der Waals surface area contributed by atoms with Crippen LogP contribution < -0.4 is 10.6 Å². The van der Waals surface area contributed by atoms with Crippen LogP contribution in [0.3, 0.4) is 0 Å². The molecule has 2 aliphatic carbocycles. The van der Waals surface area contributed by atoms with Crippen LogP contribution in [0.25, 0.3) is 0 Å². The first-order valence-corrected chi connectivity index (χ1v) is 8.17. The summed E-state index contributed by atoms with van der Waals surface area (Å²) in [4.78, 5) is 25.6. The number of carbonyl (C=O) groups excluding carboxylic acids is 2. The monoisotopic (exact) mass is 292 g/mol. The minimum atomic E-state index is -0.653. The lowest BCUT2D eigenvalue weighted by atomic mass is 9.58. The van der Waals surface area contributed by atoms with Crippen LogP contribution in [-0.2, 0) is 9.59 Å². The van der Waals surface area contributed by atoms with Gasteiger partial charge in [-0.25, -0.2) is 0 Å². The molecule has 0 aromatic heterocycles. The van der Waals surface area contributed by atoms with Gasteiger partial charge in [0.2, 0.25) is 11.8 Å². The van der Waals surface area contributed by atoms with E-state index < -0.39 is 10.8 Å². The third-order valence-corrected chi connectivity index (χ3v) is 5.66. The predicted molar refractivity (Wildman–Crippen MR) is 83.6 cm³/mol. The van der Waals surface area contributed by atoms with Gasteiger partial charge in [-0.15, -0.1) is 0 Å². The van der Waals surface area contributed by atoms with Crippen LogP contribution in [0.15, 0.2) is 12.2 Å². The molecule has 0 radical (unpaired) electrons. The highest BCUT2D eigenvalue weighted by Gasteiger charge is 2.67. The number of carbonyl (C=O) groups is 2. The highest BCUT2D eigenvalue weighted by molar-refractivity contribution is 5.95. The number of fused-ring (bicyclic) bond motifs is 2. The Kier molecular flexibility index (Phi) is 4.45. The highest BCUT2D eigenvalue weighted by atomic mass is 16.2. The summed E-state index contributed by atoms with van der Waals surface area (Å²) in [5, 5.41) is 6.03. The van der Waals surface area contributed by atoms with Crippen LogP contribution >= 0.6 is 0 Å². The molecule has 2 amide bonds. The van der Waals surface area contributed by atoms with Crippen LogP contribution in [-0.4, -0.2) is 24.9 Å². The van der Waals surface area contributed by atoms with Gasteiger partial charge in [-0.3, -0.25) is 9.59 Å². The third kappa shape index (κ3) is 2.19. The Labute approximate surface area is 127 Å². The molecule has 21 heavy (non-hydrogen) atoms. The number of nitrogens with one attached hydrogen (secondary N) is 2. The van der Waals surface area contributed by atoms with Crippen molar-refractivity contribution in [3.05, 3.63) is 12.2 Å². The van der Waals surface area contributed by atoms with Crippen LogP contribution in [0.5, 0.6) is 0 Å². The molecule has 0 aromatic carbocycles. The van der Waals surface area contributed by atoms with Crippen molar-refractivity contribution in [2.75, 3.05) is 13.1 Å². The van der Waals surface area contributed by atoms with Crippen molar-refractivity contribution in [3.63, 3.8) is 0 Å². The fourth-order valence-corrected chi connectivity index (χ4v) is 3.98. The molecule has 4 heteroatoms. The van der Waals surface area contributed by atoms with E-state index >= 15 is 0 Å². The van der Waals surface area contributed by atoms with Crippen molar-refractivity contribution in [1.29, 1.82) is 0 Å². The van der Waals surface area contributed by atoms with Crippen molar-refractivity contribution in [2.45, 2.75) is 47.0 Å². The molecule has 118 valence electrons. The summed E-state index contributed by atoms with van der Waals surface area (Å²) < 4.78 is 0. The van der Waals surface area contributed by atoms with Gasteiger partial charge in [0.05, 0.1) is 10.8 Å². The third-order valence-electron chi connectivity index (χ3n) is 5.66. The Morgan fingerprint density at radius 3 is 1.67 bits per heavy atom. The van der Waals surface area contributed by atoms with Crippen molar-refractivity contribution in [2.24, 2.45) is 22.7 Å². The molecular formula is C17H28N2O2. The molecule has 4 unspecified atom stereocenters. The van der Waals surface area contributed by atoms with Crippen LogP contribution in [0, 0.1) is 22.7 Å². The lowest BCUT2D eigenvalue weighted by molar-refractivity contribution is -0.151. The molecule has 0 aromatic rings. The highest BCUT2D eigenvalue weighted by Crippen LogP contribution is 2.63. The zero-order chi connectivity index (χ0) is 15.7. The molecule has 2 N–H and O–H groups in total. The fourth-order valence-electron chi connectivity index (χ4n) is 3.98. The zero-order valence-electron chi connectivity index (χ0n) is 13.7. The predicted octanol–water partition coefficient (Wildman–Crippen LogP) is 2.26. The molecular weight excluding hydrogens is 264 g/mol. The van der Waals surface area contributed by atoms with E-state index in [1.54, 1.807) is 0 Å². The summed E-state index contributed by atoms with van der Waals surface area (Å²) in [5.74, 6) is 0.374. The largest absolute Gasteiger partial charge is 0.356 e. The second kappa shape index (κ2) is 5.82. The van der Waals surface area contributed by atoms with E-state index in [9.17, 15) is 9.59 Å². The quantitative estimate of drug-likeness (QED) is 0.738. The first kappa shape index (κ1) is 16.1. The molecule has 2 bridgehead atoms. The maximum absolute atomic E-state index is 12.8. The Bertz CT molecular complexity index is 420. The van der Waals surface area contributed by atoms with Gasteiger partial charge >= 0.3 is 0 Å². The van der Waals surface area contributed by atoms with Gasteiger partial charge in [0.15, 0.2) is 0 Å². The van der Waals surface area contributed by atoms with Gasteiger partial charge in [0, 0.05) is 13.1 Å². The van der Waals surface area contributed by atoms with Crippen molar-refractivity contribution in [3.8, 4) is 0 Å². The molecule has 4 atom stereocenters. The number of hydrogen-bond acceptors (Lipinski definition) is 2. The van der Waals surface area contributed by atoms with E-state index in [0.717, 1.165) is 19.3 Å². The standard InChI is InChI=1S/C17H28N2O2/c1-5-9-18-14(20)16(3)12-7-8-13(11-12)17(16,4)15(21)19-10-6-2/h7-8,12-13H,5-6,9-11H2,1-4H3,(H,18,20)(H,19,21). The van der Waals surface area contributed by atoms with Gasteiger partial charge in [0.1, 0.15) is 0 Å². The molecule has 4 nitrogen and oxygen atoms in total. The summed E-state index contributed by atoms with van der Waals surface area (Å²) >= 11 is 0. The summed E-state index contributed by atoms with van der Waals surface area (Å²) in [7, 11) is 0. The van der Waals surface area contributed by atoms with E-state index in [1.807, 2.05) is 27.7 Å². The lowest BCUT2D eigenvalue weighted by Gasteiger charge is -2.45. The summed E-state index contributed by atoms with van der Waals surface area (Å²) in [5.41, 5.74) is -1.31. The van der Waals surface area contributed by atoms with E-state index in [-0.39, 0.29) is 23.7 Å². The molecule has 0 spiro atoms. The second-order valence-corrected chi connectivity index (χ2v) is 6.75. The average Bonchev–Trinajstić information content (AvgIpc) is 3.05.